The van der Waals surface area contributed by atoms with E-state index in [0.29, 0.717) is 30.3 Å². The van der Waals surface area contributed by atoms with Gasteiger partial charge in [-0.15, -0.1) is 0 Å². The summed E-state index contributed by atoms with van der Waals surface area (Å²) >= 11 is 12.7. The second kappa shape index (κ2) is 10.8. The number of nitro benzene ring substituents is 1. The van der Waals surface area contributed by atoms with Gasteiger partial charge in [0.25, 0.3) is 5.69 Å². The molecule has 0 spiro atoms. The van der Waals surface area contributed by atoms with E-state index in [1.807, 2.05) is 38.1 Å². The van der Waals surface area contributed by atoms with Crippen LogP contribution in [0.4, 0.5) is 5.69 Å². The number of nitro groups is 1. The molecule has 0 saturated carbocycles. The minimum atomic E-state index is -0.735. The zero-order chi connectivity index (χ0) is 25.8. The third kappa shape index (κ3) is 5.67. The summed E-state index contributed by atoms with van der Waals surface area (Å²) in [5.41, 5.74) is 2.54. The Kier molecular flexibility index (Phi) is 7.57. The van der Waals surface area contributed by atoms with Gasteiger partial charge in [-0.3, -0.25) is 10.1 Å². The highest BCUT2D eigenvalue weighted by Crippen LogP contribution is 2.38. The molecule has 3 aromatic rings. The number of benzene rings is 3. The highest BCUT2D eigenvalue weighted by molar-refractivity contribution is 6.34. The third-order valence-corrected chi connectivity index (χ3v) is 5.76. The Hall–Kier alpha value is -3.88. The predicted molar refractivity (Wildman–Crippen MR) is 137 cm³/mol. The molecule has 0 amide bonds. The summed E-state index contributed by atoms with van der Waals surface area (Å²) in [6.07, 6.45) is 1.47. The van der Waals surface area contributed by atoms with E-state index in [1.165, 1.54) is 24.3 Å². The Labute approximate surface area is 216 Å². The summed E-state index contributed by atoms with van der Waals surface area (Å²) in [5.74, 6) is -0.0838. The first kappa shape index (κ1) is 25.2. The normalized spacial score (nSPS) is 13.9. The predicted octanol–water partition coefficient (Wildman–Crippen LogP) is 6.53. The molecular weight excluding hydrogens is 507 g/mol. The zero-order valence-electron chi connectivity index (χ0n) is 19.3. The number of carbonyl (C=O) groups excluding carboxylic acids is 1. The summed E-state index contributed by atoms with van der Waals surface area (Å²) in [4.78, 5) is 27.2. The van der Waals surface area contributed by atoms with Crippen molar-refractivity contribution >= 4 is 46.8 Å². The van der Waals surface area contributed by atoms with Gasteiger partial charge < -0.3 is 14.2 Å². The van der Waals surface area contributed by atoms with Gasteiger partial charge in [0.15, 0.2) is 17.2 Å². The minimum Gasteiger partial charge on any atom is -0.490 e. The van der Waals surface area contributed by atoms with Crippen LogP contribution in [0.3, 0.4) is 0 Å². The van der Waals surface area contributed by atoms with Crippen molar-refractivity contribution in [1.82, 2.24) is 0 Å². The first-order chi connectivity index (χ1) is 17.2. The smallest absolute Gasteiger partial charge is 0.363 e. The van der Waals surface area contributed by atoms with Crippen LogP contribution in [0, 0.1) is 17.0 Å². The van der Waals surface area contributed by atoms with Gasteiger partial charge >= 0.3 is 5.97 Å². The summed E-state index contributed by atoms with van der Waals surface area (Å²) in [5, 5.41) is 11.5. The van der Waals surface area contributed by atoms with Crippen molar-refractivity contribution < 1.29 is 23.9 Å². The topological polar surface area (TPSA) is 100 Å². The molecule has 0 aliphatic carbocycles. The molecule has 1 heterocycles. The van der Waals surface area contributed by atoms with Crippen LogP contribution in [0.5, 0.6) is 11.5 Å². The van der Waals surface area contributed by atoms with E-state index >= 15 is 0 Å². The van der Waals surface area contributed by atoms with Crippen LogP contribution < -0.4 is 9.47 Å². The number of esters is 1. The van der Waals surface area contributed by atoms with Gasteiger partial charge in [-0.2, -0.15) is 0 Å². The quantitative estimate of drug-likeness (QED) is 0.143. The molecule has 0 N–H and O–H groups in total. The molecule has 0 saturated heterocycles. The van der Waals surface area contributed by atoms with Crippen LogP contribution in [0.1, 0.15) is 29.2 Å². The zero-order valence-corrected chi connectivity index (χ0v) is 20.8. The van der Waals surface area contributed by atoms with Crippen LogP contribution >= 0.6 is 23.2 Å². The second-order valence-corrected chi connectivity index (χ2v) is 8.61. The van der Waals surface area contributed by atoms with Crippen LogP contribution in [0.2, 0.25) is 10.0 Å². The molecule has 3 aromatic carbocycles. The van der Waals surface area contributed by atoms with E-state index in [2.05, 4.69) is 4.99 Å². The first-order valence-corrected chi connectivity index (χ1v) is 11.6. The molecule has 8 nitrogen and oxygen atoms in total. The maximum Gasteiger partial charge on any atom is 0.363 e. The minimum absolute atomic E-state index is 0.0283. The number of hydrogen-bond donors (Lipinski definition) is 0. The maximum absolute atomic E-state index is 12.5. The highest BCUT2D eigenvalue weighted by Gasteiger charge is 2.27. The molecule has 0 radical (unpaired) electrons. The second-order valence-electron chi connectivity index (χ2n) is 7.79. The van der Waals surface area contributed by atoms with E-state index in [0.717, 1.165) is 11.1 Å². The van der Waals surface area contributed by atoms with E-state index < -0.39 is 10.9 Å². The van der Waals surface area contributed by atoms with Crippen molar-refractivity contribution in [2.45, 2.75) is 20.5 Å². The molecule has 1 aliphatic heterocycles. The highest BCUT2D eigenvalue weighted by atomic mass is 35.5. The molecule has 10 heteroatoms. The first-order valence-electron chi connectivity index (χ1n) is 10.9. The van der Waals surface area contributed by atoms with Gasteiger partial charge in [0.1, 0.15) is 6.61 Å². The third-order valence-electron chi connectivity index (χ3n) is 5.15. The van der Waals surface area contributed by atoms with Crippen LogP contribution in [-0.4, -0.2) is 23.4 Å². The Morgan fingerprint density at radius 3 is 2.50 bits per heavy atom. The largest absolute Gasteiger partial charge is 0.490 e. The fraction of sp³-hybridized carbons (Fsp3) is 0.154. The number of hydrogen-bond acceptors (Lipinski definition) is 7. The molecule has 184 valence electrons. The van der Waals surface area contributed by atoms with Gasteiger partial charge in [-0.05, 0) is 49.2 Å². The molecule has 0 atom stereocenters. The fourth-order valence-corrected chi connectivity index (χ4v) is 3.86. The molecule has 0 unspecified atom stereocenters. The summed E-state index contributed by atoms with van der Waals surface area (Å²) in [6.45, 7) is 4.50. The fourth-order valence-electron chi connectivity index (χ4n) is 3.39. The molecular formula is C26H20Cl2N2O6. The number of ether oxygens (including phenoxy) is 3. The van der Waals surface area contributed by atoms with Crippen molar-refractivity contribution in [2.75, 3.05) is 6.61 Å². The average molecular weight is 527 g/mol. The Morgan fingerprint density at radius 1 is 1.06 bits per heavy atom. The number of aliphatic imine (C=N–C) groups is 1. The lowest BCUT2D eigenvalue weighted by molar-refractivity contribution is -0.384. The van der Waals surface area contributed by atoms with E-state index in [9.17, 15) is 14.9 Å². The molecule has 36 heavy (non-hydrogen) atoms. The van der Waals surface area contributed by atoms with Crippen molar-refractivity contribution in [3.8, 4) is 11.5 Å². The summed E-state index contributed by atoms with van der Waals surface area (Å²) in [6, 6.07) is 15.0. The van der Waals surface area contributed by atoms with Crippen molar-refractivity contribution in [2.24, 2.45) is 4.99 Å². The van der Waals surface area contributed by atoms with Gasteiger partial charge in [0.2, 0.25) is 5.90 Å². The number of non-ortho nitro benzene ring substituents is 1. The van der Waals surface area contributed by atoms with Gasteiger partial charge in [0, 0.05) is 12.1 Å². The Morgan fingerprint density at radius 2 is 1.81 bits per heavy atom. The van der Waals surface area contributed by atoms with Crippen molar-refractivity contribution in [3.63, 3.8) is 0 Å². The molecule has 0 bridgehead atoms. The lowest BCUT2D eigenvalue weighted by Crippen LogP contribution is -2.06. The number of nitrogens with zero attached hydrogens (tertiary/aromatic N) is 2. The summed E-state index contributed by atoms with van der Waals surface area (Å²) in [7, 11) is 0. The standard InChI is InChI=1S/C26H20Cl2N2O6/c1-3-34-23-12-17(10-21(28)24(23)35-14-16-6-4-15(2)5-7-16)11-22-26(31)36-25(29-22)19-13-18(30(32)33)8-9-20(19)27/h4-13H,3,14H2,1-2H3/b22-11-. The number of halogens is 2. The van der Waals surface area contributed by atoms with Gasteiger partial charge in [-0.1, -0.05) is 53.0 Å². The Bertz CT molecular complexity index is 1400. The molecule has 0 aromatic heterocycles. The SMILES string of the molecule is CCOc1cc(/C=C2\N=C(c3cc([N+](=O)[O-])ccc3Cl)OC2=O)cc(Cl)c1OCc1ccc(C)cc1. The van der Waals surface area contributed by atoms with E-state index in [-0.39, 0.29) is 32.9 Å². The van der Waals surface area contributed by atoms with Crippen molar-refractivity contribution in [3.05, 3.63) is 103 Å². The van der Waals surface area contributed by atoms with Crippen LogP contribution in [-0.2, 0) is 16.1 Å². The summed E-state index contributed by atoms with van der Waals surface area (Å²) < 4.78 is 16.9. The number of cyclic esters (lactones) is 1. The van der Waals surface area contributed by atoms with Crippen LogP contribution in [0.25, 0.3) is 6.08 Å². The monoisotopic (exact) mass is 526 g/mol. The lowest BCUT2D eigenvalue weighted by atomic mass is 10.1. The van der Waals surface area contributed by atoms with Gasteiger partial charge in [-0.25, -0.2) is 9.79 Å². The number of aryl methyl sites for hydroxylation is 1. The van der Waals surface area contributed by atoms with Crippen LogP contribution in [0.15, 0.2) is 65.3 Å². The van der Waals surface area contributed by atoms with Gasteiger partial charge in [0.05, 0.1) is 27.1 Å². The molecule has 0 fully saturated rings. The maximum atomic E-state index is 12.5. The average Bonchev–Trinajstić information content (AvgIpc) is 3.19. The van der Waals surface area contributed by atoms with E-state index in [1.54, 1.807) is 12.1 Å². The number of rotatable bonds is 8. The Balaban J connectivity index is 1.63. The molecule has 1 aliphatic rings. The van der Waals surface area contributed by atoms with Crippen molar-refractivity contribution in [1.29, 1.82) is 0 Å². The number of carbonyl (C=O) groups is 1. The van der Waals surface area contributed by atoms with E-state index in [4.69, 9.17) is 37.4 Å². The lowest BCUT2D eigenvalue weighted by Gasteiger charge is -2.14. The molecule has 4 rings (SSSR count).